The molecule has 0 fully saturated rings. The summed E-state index contributed by atoms with van der Waals surface area (Å²) in [5.41, 5.74) is 1.28. The summed E-state index contributed by atoms with van der Waals surface area (Å²) >= 11 is 6.22. The van der Waals surface area contributed by atoms with E-state index in [0.717, 1.165) is 0 Å². The zero-order chi connectivity index (χ0) is 21.0. The maximum absolute atomic E-state index is 12.9. The number of hydrogen-bond acceptors (Lipinski definition) is 5. The van der Waals surface area contributed by atoms with Gasteiger partial charge in [-0.3, -0.25) is 9.59 Å². The van der Waals surface area contributed by atoms with Crippen molar-refractivity contribution in [3.05, 3.63) is 53.1 Å². The number of hydrogen-bond donors (Lipinski definition) is 1. The number of ether oxygens (including phenoxy) is 3. The molecular formula is C21H21ClN2O5. The Balaban J connectivity index is 1.88. The number of rotatable bonds is 5. The first kappa shape index (κ1) is 20.5. The summed E-state index contributed by atoms with van der Waals surface area (Å²) in [5.74, 6) is 0.772. The van der Waals surface area contributed by atoms with E-state index in [2.05, 4.69) is 5.32 Å². The van der Waals surface area contributed by atoms with Crippen LogP contribution in [-0.2, 0) is 9.59 Å². The van der Waals surface area contributed by atoms with Gasteiger partial charge in [-0.15, -0.1) is 0 Å². The van der Waals surface area contributed by atoms with Gasteiger partial charge in [0.15, 0.2) is 17.6 Å². The molecular weight excluding hydrogens is 396 g/mol. The van der Waals surface area contributed by atoms with Crippen LogP contribution >= 0.6 is 11.6 Å². The monoisotopic (exact) mass is 416 g/mol. The quantitative estimate of drug-likeness (QED) is 0.758. The average molecular weight is 417 g/mol. The number of likely N-dealkylation sites (N-methyl/N-ethyl adjacent to an activating group) is 1. The lowest BCUT2D eigenvalue weighted by molar-refractivity contribution is -0.127. The Kier molecular flexibility index (Phi) is 6.29. The summed E-state index contributed by atoms with van der Waals surface area (Å²) in [6.07, 6.45) is 2.26. The molecule has 8 heteroatoms. The van der Waals surface area contributed by atoms with Crippen LogP contribution in [0.15, 0.2) is 42.5 Å². The van der Waals surface area contributed by atoms with Gasteiger partial charge in [-0.2, -0.15) is 0 Å². The van der Waals surface area contributed by atoms with Crippen molar-refractivity contribution in [1.29, 1.82) is 0 Å². The van der Waals surface area contributed by atoms with E-state index in [4.69, 9.17) is 25.8 Å². The Hall–Kier alpha value is -3.19. The second kappa shape index (κ2) is 8.87. The van der Waals surface area contributed by atoms with E-state index in [-0.39, 0.29) is 18.4 Å². The third-order valence-corrected chi connectivity index (χ3v) is 4.73. The first-order valence-corrected chi connectivity index (χ1v) is 9.24. The van der Waals surface area contributed by atoms with Gasteiger partial charge in [-0.25, -0.2) is 0 Å². The number of nitrogens with zero attached hydrogens (tertiary/aromatic N) is 1. The number of methoxy groups -OCH3 is 2. The molecule has 0 aliphatic carbocycles. The molecule has 0 aromatic heterocycles. The molecule has 0 radical (unpaired) electrons. The van der Waals surface area contributed by atoms with Gasteiger partial charge in [0.1, 0.15) is 5.75 Å². The molecule has 0 saturated heterocycles. The van der Waals surface area contributed by atoms with E-state index in [0.29, 0.717) is 33.5 Å². The minimum absolute atomic E-state index is 0.104. The van der Waals surface area contributed by atoms with Crippen LogP contribution in [0.25, 0.3) is 6.08 Å². The molecule has 0 spiro atoms. The highest BCUT2D eigenvalue weighted by molar-refractivity contribution is 6.32. The largest absolute Gasteiger partial charge is 0.493 e. The molecule has 7 nitrogen and oxygen atoms in total. The van der Waals surface area contributed by atoms with Gasteiger partial charge < -0.3 is 24.4 Å². The van der Waals surface area contributed by atoms with Crippen LogP contribution in [0, 0.1) is 0 Å². The van der Waals surface area contributed by atoms with Crippen molar-refractivity contribution < 1.29 is 23.8 Å². The topological polar surface area (TPSA) is 77.1 Å². The zero-order valence-electron chi connectivity index (χ0n) is 16.3. The van der Waals surface area contributed by atoms with Crippen LogP contribution < -0.4 is 24.4 Å². The molecule has 1 heterocycles. The number of amides is 2. The second-order valence-electron chi connectivity index (χ2n) is 6.21. The minimum atomic E-state index is -0.789. The number of benzene rings is 2. The summed E-state index contributed by atoms with van der Waals surface area (Å²) in [7, 11) is 4.54. The molecule has 2 aromatic carbocycles. The molecule has 2 aromatic rings. The number of carbonyl (C=O) groups excluding carboxylic acids is 2. The number of fused-ring (bicyclic) bond motifs is 1. The van der Waals surface area contributed by atoms with E-state index in [9.17, 15) is 9.59 Å². The molecule has 0 bridgehead atoms. The van der Waals surface area contributed by atoms with Crippen LogP contribution in [0.4, 0.5) is 5.69 Å². The number of carbonyl (C=O) groups is 2. The maximum atomic E-state index is 12.9. The van der Waals surface area contributed by atoms with Crippen molar-refractivity contribution >= 4 is 35.2 Å². The van der Waals surface area contributed by atoms with Crippen LogP contribution in [0.1, 0.15) is 5.56 Å². The fourth-order valence-electron chi connectivity index (χ4n) is 3.03. The summed E-state index contributed by atoms with van der Waals surface area (Å²) < 4.78 is 16.2. The normalized spacial score (nSPS) is 15.4. The molecule has 3 rings (SSSR count). The second-order valence-corrected chi connectivity index (χ2v) is 6.62. The predicted octanol–water partition coefficient (Wildman–Crippen LogP) is 2.91. The van der Waals surface area contributed by atoms with Crippen LogP contribution in [0.5, 0.6) is 17.2 Å². The van der Waals surface area contributed by atoms with E-state index in [1.165, 1.54) is 32.2 Å². The highest BCUT2D eigenvalue weighted by atomic mass is 35.5. The summed E-state index contributed by atoms with van der Waals surface area (Å²) in [5, 5.41) is 2.92. The Morgan fingerprint density at radius 3 is 2.69 bits per heavy atom. The Morgan fingerprint density at radius 1 is 1.24 bits per heavy atom. The van der Waals surface area contributed by atoms with Gasteiger partial charge in [-0.05, 0) is 35.9 Å². The molecule has 0 saturated carbocycles. The molecule has 2 amide bonds. The van der Waals surface area contributed by atoms with Crippen molar-refractivity contribution in [1.82, 2.24) is 5.32 Å². The number of anilines is 1. The summed E-state index contributed by atoms with van der Waals surface area (Å²) in [6, 6.07) is 10.5. The molecule has 1 atom stereocenters. The van der Waals surface area contributed by atoms with Crippen molar-refractivity contribution in [2.24, 2.45) is 0 Å². The van der Waals surface area contributed by atoms with E-state index < -0.39 is 6.10 Å². The van der Waals surface area contributed by atoms with Gasteiger partial charge in [0.2, 0.25) is 0 Å². The number of nitrogens with one attached hydrogen (secondary N) is 1. The summed E-state index contributed by atoms with van der Waals surface area (Å²) in [6.45, 7) is 0.104. The molecule has 1 aliphatic rings. The van der Waals surface area contributed by atoms with Gasteiger partial charge in [-0.1, -0.05) is 23.7 Å². The first-order chi connectivity index (χ1) is 14.0. The fourth-order valence-corrected chi connectivity index (χ4v) is 3.33. The first-order valence-electron chi connectivity index (χ1n) is 8.86. The fraction of sp³-hybridized carbons (Fsp3) is 0.238. The van der Waals surface area contributed by atoms with Crippen molar-refractivity contribution in [2.75, 3.05) is 32.7 Å². The minimum Gasteiger partial charge on any atom is -0.493 e. The van der Waals surface area contributed by atoms with Crippen molar-refractivity contribution in [2.45, 2.75) is 6.10 Å². The number of para-hydroxylation sites is 2. The van der Waals surface area contributed by atoms with Crippen LogP contribution in [0.2, 0.25) is 5.02 Å². The lowest BCUT2D eigenvalue weighted by Gasteiger charge is -2.33. The smallest absolute Gasteiger partial charge is 0.262 e. The van der Waals surface area contributed by atoms with Gasteiger partial charge in [0.25, 0.3) is 11.8 Å². The van der Waals surface area contributed by atoms with Crippen LogP contribution in [0.3, 0.4) is 0 Å². The highest BCUT2D eigenvalue weighted by Crippen LogP contribution is 2.37. The molecule has 29 heavy (non-hydrogen) atoms. The van der Waals surface area contributed by atoms with Gasteiger partial charge >= 0.3 is 0 Å². The maximum Gasteiger partial charge on any atom is 0.262 e. The number of halogens is 1. The molecule has 1 N–H and O–H groups in total. The predicted molar refractivity (Wildman–Crippen MR) is 111 cm³/mol. The third kappa shape index (κ3) is 4.30. The Bertz CT molecular complexity index is 960. The third-order valence-electron chi connectivity index (χ3n) is 4.45. The van der Waals surface area contributed by atoms with Crippen molar-refractivity contribution in [3.8, 4) is 17.2 Å². The lowest BCUT2D eigenvalue weighted by atomic mass is 10.1. The Morgan fingerprint density at radius 2 is 2.00 bits per heavy atom. The Labute approximate surface area is 173 Å². The van der Waals surface area contributed by atoms with Gasteiger partial charge in [0, 0.05) is 13.1 Å². The highest BCUT2D eigenvalue weighted by Gasteiger charge is 2.32. The standard InChI is InChI=1S/C21H21ClN2O5/c1-23-21(26)18-12-24(15-6-4-5-7-16(15)29-18)19(25)9-8-13-10-14(22)20(28-3)17(11-13)27-2/h4-11,18H,12H2,1-3H3,(H,23,26)/b9-8+/t18-/m1/s1. The lowest BCUT2D eigenvalue weighted by Crippen LogP contribution is -2.49. The van der Waals surface area contributed by atoms with E-state index >= 15 is 0 Å². The van der Waals surface area contributed by atoms with E-state index in [1.54, 1.807) is 42.5 Å². The zero-order valence-corrected chi connectivity index (χ0v) is 17.0. The summed E-state index contributed by atoms with van der Waals surface area (Å²) in [4.78, 5) is 26.5. The van der Waals surface area contributed by atoms with Crippen molar-refractivity contribution in [3.63, 3.8) is 0 Å². The SMILES string of the molecule is CNC(=O)[C@H]1CN(C(=O)/C=C/c2cc(Cl)c(OC)c(OC)c2)c2ccccc2O1. The van der Waals surface area contributed by atoms with Gasteiger partial charge in [0.05, 0.1) is 31.5 Å². The molecule has 1 aliphatic heterocycles. The molecule has 0 unspecified atom stereocenters. The average Bonchev–Trinajstić information content (AvgIpc) is 2.75. The van der Waals surface area contributed by atoms with Crippen LogP contribution in [-0.4, -0.2) is 45.7 Å². The molecule has 152 valence electrons. The van der Waals surface area contributed by atoms with E-state index in [1.807, 2.05) is 0 Å².